The summed E-state index contributed by atoms with van der Waals surface area (Å²) in [6.45, 7) is 2.72. The zero-order valence-corrected chi connectivity index (χ0v) is 12.0. The molecule has 1 aromatic rings. The Morgan fingerprint density at radius 1 is 1.50 bits per heavy atom. The van der Waals surface area contributed by atoms with Crippen molar-refractivity contribution in [2.24, 2.45) is 0 Å². The van der Waals surface area contributed by atoms with Gasteiger partial charge in [-0.05, 0) is 38.1 Å². The summed E-state index contributed by atoms with van der Waals surface area (Å²) in [5.41, 5.74) is 1.01. The fourth-order valence-electron chi connectivity index (χ4n) is 2.65. The average Bonchev–Trinajstić information content (AvgIpc) is 2.47. The summed E-state index contributed by atoms with van der Waals surface area (Å²) < 4.78 is 5.14. The molecule has 0 saturated carbocycles. The van der Waals surface area contributed by atoms with E-state index in [1.54, 1.807) is 6.07 Å². The van der Waals surface area contributed by atoms with Gasteiger partial charge in [-0.15, -0.1) is 0 Å². The highest BCUT2D eigenvalue weighted by Crippen LogP contribution is 2.24. The Kier molecular flexibility index (Phi) is 4.92. The second kappa shape index (κ2) is 6.67. The minimum Gasteiger partial charge on any atom is -0.496 e. The molecule has 110 valence electrons. The number of methoxy groups -OCH3 is 1. The van der Waals surface area contributed by atoms with Crippen LogP contribution in [0.1, 0.15) is 18.4 Å². The van der Waals surface area contributed by atoms with Gasteiger partial charge in [0.2, 0.25) is 0 Å². The fourth-order valence-corrected chi connectivity index (χ4v) is 2.65. The Bertz CT molecular complexity index is 479. The molecular weight excluding hydrogens is 258 g/mol. The highest BCUT2D eigenvalue weighted by Gasteiger charge is 2.19. The molecule has 0 bridgehead atoms. The van der Waals surface area contributed by atoms with E-state index in [0.29, 0.717) is 11.8 Å². The van der Waals surface area contributed by atoms with Crippen molar-refractivity contribution in [3.8, 4) is 5.75 Å². The normalized spacial score (nSPS) is 19.8. The van der Waals surface area contributed by atoms with Crippen molar-refractivity contribution < 1.29 is 9.66 Å². The molecule has 1 aliphatic heterocycles. The molecule has 0 radical (unpaired) electrons. The minimum absolute atomic E-state index is 0.0847. The molecule has 2 rings (SSSR count). The van der Waals surface area contributed by atoms with Crippen LogP contribution in [0.3, 0.4) is 0 Å². The van der Waals surface area contributed by atoms with E-state index in [4.69, 9.17) is 4.74 Å². The second-order valence-corrected chi connectivity index (χ2v) is 5.16. The lowest BCUT2D eigenvalue weighted by Crippen LogP contribution is -2.43. The first kappa shape index (κ1) is 14.7. The molecule has 1 aliphatic rings. The van der Waals surface area contributed by atoms with Crippen molar-refractivity contribution in [1.82, 2.24) is 10.2 Å². The molecule has 1 heterocycles. The van der Waals surface area contributed by atoms with Crippen LogP contribution in [-0.2, 0) is 6.54 Å². The molecule has 6 nitrogen and oxygen atoms in total. The standard InChI is InChI=1S/C14H21N3O3/c1-15-12-4-3-5-16(10-12)9-11-6-13(17(18)19)8-14(7-11)20-2/h6-8,12,15H,3-5,9-10H2,1-2H3. The van der Waals surface area contributed by atoms with Gasteiger partial charge in [0.25, 0.3) is 5.69 Å². The molecule has 0 amide bonds. The maximum absolute atomic E-state index is 10.9. The summed E-state index contributed by atoms with van der Waals surface area (Å²) in [5.74, 6) is 0.538. The van der Waals surface area contributed by atoms with Crippen molar-refractivity contribution in [1.29, 1.82) is 0 Å². The van der Waals surface area contributed by atoms with Gasteiger partial charge in [-0.25, -0.2) is 0 Å². The smallest absolute Gasteiger partial charge is 0.273 e. The molecule has 0 aromatic heterocycles. The lowest BCUT2D eigenvalue weighted by molar-refractivity contribution is -0.385. The molecule has 1 aromatic carbocycles. The van der Waals surface area contributed by atoms with Crippen LogP contribution in [-0.4, -0.2) is 43.1 Å². The summed E-state index contributed by atoms with van der Waals surface area (Å²) in [6, 6.07) is 5.46. The number of likely N-dealkylation sites (N-methyl/N-ethyl adjacent to an activating group) is 1. The third kappa shape index (κ3) is 3.68. The molecule has 6 heteroatoms. The first-order valence-corrected chi connectivity index (χ1v) is 6.84. The third-order valence-corrected chi connectivity index (χ3v) is 3.72. The van der Waals surface area contributed by atoms with E-state index in [0.717, 1.165) is 31.6 Å². The van der Waals surface area contributed by atoms with Crippen molar-refractivity contribution in [2.75, 3.05) is 27.2 Å². The maximum atomic E-state index is 10.9. The van der Waals surface area contributed by atoms with Crippen LogP contribution in [0.25, 0.3) is 0 Å². The van der Waals surface area contributed by atoms with Crippen LogP contribution >= 0.6 is 0 Å². The van der Waals surface area contributed by atoms with E-state index < -0.39 is 0 Å². The number of piperidine rings is 1. The van der Waals surface area contributed by atoms with E-state index >= 15 is 0 Å². The number of likely N-dealkylation sites (tertiary alicyclic amines) is 1. The van der Waals surface area contributed by atoms with Crippen LogP contribution in [0.5, 0.6) is 5.75 Å². The van der Waals surface area contributed by atoms with Gasteiger partial charge in [0.15, 0.2) is 0 Å². The zero-order valence-electron chi connectivity index (χ0n) is 12.0. The van der Waals surface area contributed by atoms with E-state index in [1.807, 2.05) is 13.1 Å². The Balaban J connectivity index is 2.11. The highest BCUT2D eigenvalue weighted by atomic mass is 16.6. The lowest BCUT2D eigenvalue weighted by atomic mass is 10.0. The van der Waals surface area contributed by atoms with Crippen LogP contribution < -0.4 is 10.1 Å². The number of hydrogen-bond donors (Lipinski definition) is 1. The number of nitro groups is 1. The molecule has 0 aliphatic carbocycles. The predicted octanol–water partition coefficient (Wildman–Crippen LogP) is 1.79. The number of nitro benzene ring substituents is 1. The van der Waals surface area contributed by atoms with E-state index in [-0.39, 0.29) is 10.6 Å². The summed E-state index contributed by atoms with van der Waals surface area (Å²) in [6.07, 6.45) is 2.34. The lowest BCUT2D eigenvalue weighted by Gasteiger charge is -2.32. The number of ether oxygens (including phenoxy) is 1. The number of nitrogens with one attached hydrogen (secondary N) is 1. The van der Waals surface area contributed by atoms with E-state index in [1.165, 1.54) is 19.6 Å². The largest absolute Gasteiger partial charge is 0.496 e. The van der Waals surface area contributed by atoms with Crippen LogP contribution in [0.4, 0.5) is 5.69 Å². The van der Waals surface area contributed by atoms with E-state index in [9.17, 15) is 10.1 Å². The maximum Gasteiger partial charge on any atom is 0.273 e. The Labute approximate surface area is 118 Å². The SMILES string of the molecule is CNC1CCCN(Cc2cc(OC)cc([N+](=O)[O-])c2)C1. The second-order valence-electron chi connectivity index (χ2n) is 5.16. The fraction of sp³-hybridized carbons (Fsp3) is 0.571. The van der Waals surface area contributed by atoms with E-state index in [2.05, 4.69) is 10.2 Å². The van der Waals surface area contributed by atoms with Gasteiger partial charge in [0.05, 0.1) is 18.1 Å². The monoisotopic (exact) mass is 279 g/mol. The topological polar surface area (TPSA) is 67.6 Å². The van der Waals surface area contributed by atoms with Crippen LogP contribution in [0.2, 0.25) is 0 Å². The summed E-state index contributed by atoms with van der Waals surface area (Å²) in [4.78, 5) is 12.9. The molecule has 20 heavy (non-hydrogen) atoms. The van der Waals surface area contributed by atoms with Gasteiger partial charge in [0.1, 0.15) is 5.75 Å². The van der Waals surface area contributed by atoms with Gasteiger partial charge in [-0.1, -0.05) is 0 Å². The number of benzene rings is 1. The average molecular weight is 279 g/mol. The van der Waals surface area contributed by atoms with Gasteiger partial charge < -0.3 is 10.1 Å². The minimum atomic E-state index is -0.376. The van der Waals surface area contributed by atoms with Crippen molar-refractivity contribution in [3.63, 3.8) is 0 Å². The number of hydrogen-bond acceptors (Lipinski definition) is 5. The summed E-state index contributed by atoms with van der Waals surface area (Å²) >= 11 is 0. The van der Waals surface area contributed by atoms with Crippen molar-refractivity contribution in [2.45, 2.75) is 25.4 Å². The molecule has 1 fully saturated rings. The number of rotatable bonds is 5. The summed E-state index contributed by atoms with van der Waals surface area (Å²) in [5, 5.41) is 14.2. The van der Waals surface area contributed by atoms with Crippen molar-refractivity contribution >= 4 is 5.69 Å². The molecular formula is C14H21N3O3. The predicted molar refractivity (Wildman–Crippen MR) is 77.0 cm³/mol. The van der Waals surface area contributed by atoms with Gasteiger partial charge in [-0.3, -0.25) is 15.0 Å². The van der Waals surface area contributed by atoms with Crippen molar-refractivity contribution in [3.05, 3.63) is 33.9 Å². The molecule has 1 atom stereocenters. The van der Waals surface area contributed by atoms with Gasteiger partial charge in [0, 0.05) is 25.2 Å². The van der Waals surface area contributed by atoms with Gasteiger partial charge in [-0.2, -0.15) is 0 Å². The van der Waals surface area contributed by atoms with Crippen LogP contribution in [0.15, 0.2) is 18.2 Å². The number of non-ortho nitro benzene ring substituents is 1. The summed E-state index contributed by atoms with van der Waals surface area (Å²) in [7, 11) is 3.51. The molecule has 1 unspecified atom stereocenters. The van der Waals surface area contributed by atoms with Crippen LogP contribution in [0, 0.1) is 10.1 Å². The Hall–Kier alpha value is -1.66. The zero-order chi connectivity index (χ0) is 14.5. The number of nitrogens with zero attached hydrogens (tertiary/aromatic N) is 2. The Morgan fingerprint density at radius 3 is 2.95 bits per heavy atom. The quantitative estimate of drug-likeness (QED) is 0.657. The molecule has 1 saturated heterocycles. The molecule has 0 spiro atoms. The third-order valence-electron chi connectivity index (χ3n) is 3.72. The Morgan fingerprint density at radius 2 is 2.30 bits per heavy atom. The first-order chi connectivity index (χ1) is 9.62. The van der Waals surface area contributed by atoms with Gasteiger partial charge >= 0.3 is 0 Å². The first-order valence-electron chi connectivity index (χ1n) is 6.84. The molecule has 1 N–H and O–H groups in total. The highest BCUT2D eigenvalue weighted by molar-refractivity contribution is 5.42.